The molecule has 0 aliphatic heterocycles. The molecule has 0 atom stereocenters. The second-order valence-electron chi connectivity index (χ2n) is 2.02. The quantitative estimate of drug-likeness (QED) is 0.568. The number of benzene rings is 1. The van der Waals surface area contributed by atoms with Crippen molar-refractivity contribution in [3.05, 3.63) is 29.6 Å². The van der Waals surface area contributed by atoms with Crippen LogP contribution in [0.25, 0.3) is 0 Å². The first-order valence-corrected chi connectivity index (χ1v) is 3.65. The largest absolute Gasteiger partial charge is 0.269 e. The van der Waals surface area contributed by atoms with E-state index in [0.717, 1.165) is 0 Å². The minimum Gasteiger partial charge on any atom is -0.269 e. The summed E-state index contributed by atoms with van der Waals surface area (Å²) in [4.78, 5) is 0. The zero-order valence-electron chi connectivity index (χ0n) is 5.47. The minimum absolute atomic E-state index is 0.133. The van der Waals surface area contributed by atoms with Crippen molar-refractivity contribution in [1.82, 2.24) is 0 Å². The number of rotatable bonds is 1. The topological polar surface area (TPSA) is 17.1 Å². The Balaban J connectivity index is 3.16. The molecule has 0 unspecified atom stereocenters. The van der Waals surface area contributed by atoms with Crippen LogP contribution in [0.5, 0.6) is 0 Å². The van der Waals surface area contributed by atoms with Crippen molar-refractivity contribution >= 4 is 13.8 Å². The molecule has 0 fully saturated rings. The first-order valence-electron chi connectivity index (χ1n) is 2.83. The summed E-state index contributed by atoms with van der Waals surface area (Å²) in [7, 11) is -0.133. The third-order valence-electron chi connectivity index (χ3n) is 1.26. The molecule has 0 aliphatic rings. The van der Waals surface area contributed by atoms with Crippen LogP contribution < -0.4 is 5.30 Å². The maximum absolute atomic E-state index is 12.6. The van der Waals surface area contributed by atoms with Gasteiger partial charge in [0.25, 0.3) is 0 Å². The van der Waals surface area contributed by atoms with Gasteiger partial charge in [-0.2, -0.15) is 0 Å². The van der Waals surface area contributed by atoms with Crippen LogP contribution in [0.2, 0.25) is 0 Å². The molecule has 0 N–H and O–H groups in total. The van der Waals surface area contributed by atoms with E-state index in [2.05, 4.69) is 0 Å². The van der Waals surface area contributed by atoms with E-state index in [0.29, 0.717) is 10.9 Å². The molecular formula is C7H6FOP. The van der Waals surface area contributed by atoms with Crippen LogP contribution in [0.4, 0.5) is 4.39 Å². The lowest BCUT2D eigenvalue weighted by molar-refractivity contribution is 0.601. The molecule has 3 heteroatoms. The summed E-state index contributed by atoms with van der Waals surface area (Å²) in [6.07, 6.45) is 0. The molecule has 52 valence electrons. The normalized spacial score (nSPS) is 10.2. The minimum atomic E-state index is -0.305. The third kappa shape index (κ3) is 1.39. The Morgan fingerprint density at radius 3 is 2.70 bits per heavy atom. The van der Waals surface area contributed by atoms with E-state index < -0.39 is 0 Å². The van der Waals surface area contributed by atoms with Crippen molar-refractivity contribution in [3.63, 3.8) is 0 Å². The summed E-state index contributed by atoms with van der Waals surface area (Å²) in [5, 5.41) is 0.475. The van der Waals surface area contributed by atoms with Crippen molar-refractivity contribution in [1.29, 1.82) is 0 Å². The Morgan fingerprint density at radius 2 is 2.20 bits per heavy atom. The highest BCUT2D eigenvalue weighted by atomic mass is 31.1. The second-order valence-corrected chi connectivity index (χ2v) is 2.72. The Kier molecular flexibility index (Phi) is 2.13. The zero-order valence-corrected chi connectivity index (χ0v) is 6.36. The monoisotopic (exact) mass is 156 g/mol. The summed E-state index contributed by atoms with van der Waals surface area (Å²) in [5.41, 5.74) is 0.576. The van der Waals surface area contributed by atoms with Gasteiger partial charge < -0.3 is 0 Å². The van der Waals surface area contributed by atoms with Gasteiger partial charge in [-0.25, -0.2) is 4.39 Å². The van der Waals surface area contributed by atoms with Crippen LogP contribution in [-0.2, 0) is 4.57 Å². The highest BCUT2D eigenvalue weighted by Crippen LogP contribution is 2.05. The van der Waals surface area contributed by atoms with E-state index >= 15 is 0 Å². The van der Waals surface area contributed by atoms with Crippen molar-refractivity contribution in [2.24, 2.45) is 0 Å². The molecule has 0 heterocycles. The average Bonchev–Trinajstić information content (AvgIpc) is 1.95. The molecule has 0 saturated heterocycles. The van der Waals surface area contributed by atoms with Gasteiger partial charge in [0.2, 0.25) is 0 Å². The van der Waals surface area contributed by atoms with Crippen molar-refractivity contribution < 1.29 is 8.96 Å². The van der Waals surface area contributed by atoms with E-state index in [1.807, 2.05) is 0 Å². The van der Waals surface area contributed by atoms with Crippen LogP contribution in [0.3, 0.4) is 0 Å². The molecule has 1 rings (SSSR count). The summed E-state index contributed by atoms with van der Waals surface area (Å²) >= 11 is 0. The predicted molar refractivity (Wildman–Crippen MR) is 38.4 cm³/mol. The Hall–Kier alpha value is -0.750. The van der Waals surface area contributed by atoms with Crippen LogP contribution >= 0.6 is 8.46 Å². The lowest BCUT2D eigenvalue weighted by atomic mass is 10.2. The Bertz CT molecular complexity index is 260. The lowest BCUT2D eigenvalue weighted by Gasteiger charge is -1.93. The molecule has 1 aromatic rings. The van der Waals surface area contributed by atoms with Crippen molar-refractivity contribution in [3.8, 4) is 0 Å². The van der Waals surface area contributed by atoms with Crippen LogP contribution in [-0.4, -0.2) is 0 Å². The fraction of sp³-hybridized carbons (Fsp3) is 0.143. The Morgan fingerprint density at radius 1 is 1.50 bits per heavy atom. The molecule has 0 amide bonds. The summed E-state index contributed by atoms with van der Waals surface area (Å²) in [6, 6.07) is 4.51. The maximum Gasteiger partial charge on any atom is 0.192 e. The first kappa shape index (κ1) is 7.36. The first-order chi connectivity index (χ1) is 4.74. The van der Waals surface area contributed by atoms with E-state index in [-0.39, 0.29) is 14.3 Å². The lowest BCUT2D eigenvalue weighted by Crippen LogP contribution is -1.93. The van der Waals surface area contributed by atoms with Gasteiger partial charge in [-0.1, -0.05) is 6.07 Å². The molecule has 1 nitrogen and oxygen atoms in total. The summed E-state index contributed by atoms with van der Waals surface area (Å²) in [6.45, 7) is 1.67. The highest BCUT2D eigenvalue weighted by molar-refractivity contribution is 7.34. The highest BCUT2D eigenvalue weighted by Gasteiger charge is 1.97. The van der Waals surface area contributed by atoms with Crippen LogP contribution in [0.1, 0.15) is 5.56 Å². The third-order valence-corrected chi connectivity index (χ3v) is 1.75. The van der Waals surface area contributed by atoms with Gasteiger partial charge in [-0.15, -0.1) is 0 Å². The number of aryl methyl sites for hydroxylation is 1. The molecule has 0 aromatic heterocycles. The number of halogens is 1. The molecule has 0 aliphatic carbocycles. The van der Waals surface area contributed by atoms with Gasteiger partial charge in [0.05, 0.1) is 0 Å². The van der Waals surface area contributed by atoms with Crippen molar-refractivity contribution in [2.75, 3.05) is 0 Å². The number of hydrogen-bond acceptors (Lipinski definition) is 1. The van der Waals surface area contributed by atoms with E-state index in [4.69, 9.17) is 0 Å². The van der Waals surface area contributed by atoms with Crippen LogP contribution in [0, 0.1) is 12.7 Å². The van der Waals surface area contributed by atoms with Gasteiger partial charge >= 0.3 is 0 Å². The van der Waals surface area contributed by atoms with Gasteiger partial charge in [0, 0.05) is 5.30 Å². The standard InChI is InChI=1S/C7H6FOP/c1-5-2-3-6(10-9)4-7(5)8/h2-4H,1H3. The molecule has 0 saturated carbocycles. The van der Waals surface area contributed by atoms with Gasteiger partial charge in [-0.3, -0.25) is 4.57 Å². The Labute approximate surface area is 60.1 Å². The van der Waals surface area contributed by atoms with E-state index in [9.17, 15) is 8.96 Å². The fourth-order valence-electron chi connectivity index (χ4n) is 0.639. The second kappa shape index (κ2) is 2.89. The average molecular weight is 156 g/mol. The summed E-state index contributed by atoms with van der Waals surface area (Å²) < 4.78 is 22.8. The van der Waals surface area contributed by atoms with E-state index in [1.54, 1.807) is 19.1 Å². The molecule has 10 heavy (non-hydrogen) atoms. The molecule has 0 spiro atoms. The zero-order chi connectivity index (χ0) is 7.56. The fourth-order valence-corrected chi connectivity index (χ4v) is 0.940. The molecular weight excluding hydrogens is 150 g/mol. The SMILES string of the molecule is Cc1ccc(P=O)cc1F. The molecule has 0 radical (unpaired) electrons. The van der Waals surface area contributed by atoms with Gasteiger partial charge in [0.15, 0.2) is 8.46 Å². The van der Waals surface area contributed by atoms with Gasteiger partial charge in [-0.05, 0) is 24.6 Å². The molecule has 0 bridgehead atoms. The summed E-state index contributed by atoms with van der Waals surface area (Å²) in [5.74, 6) is -0.305. The smallest absolute Gasteiger partial charge is 0.192 e. The van der Waals surface area contributed by atoms with E-state index in [1.165, 1.54) is 6.07 Å². The predicted octanol–water partition coefficient (Wildman–Crippen LogP) is 2.05. The molecule has 1 aromatic carbocycles. The van der Waals surface area contributed by atoms with Gasteiger partial charge in [0.1, 0.15) is 5.82 Å². The van der Waals surface area contributed by atoms with Crippen molar-refractivity contribution in [2.45, 2.75) is 6.92 Å². The maximum atomic E-state index is 12.6. The number of hydrogen-bond donors (Lipinski definition) is 0. The van der Waals surface area contributed by atoms with Crippen LogP contribution in [0.15, 0.2) is 18.2 Å².